The fourth-order valence-corrected chi connectivity index (χ4v) is 2.56. The van der Waals surface area contributed by atoms with Gasteiger partial charge in [-0.3, -0.25) is 9.59 Å². The van der Waals surface area contributed by atoms with E-state index in [4.69, 9.17) is 5.73 Å². The molecule has 0 spiro atoms. The summed E-state index contributed by atoms with van der Waals surface area (Å²) < 4.78 is 0. The lowest BCUT2D eigenvalue weighted by atomic mass is 9.81. The number of nitrogens with two attached hydrogens (primary N) is 1. The number of benzene rings is 2. The van der Waals surface area contributed by atoms with Gasteiger partial charge in [0, 0.05) is 17.7 Å². The molecule has 0 radical (unpaired) electrons. The van der Waals surface area contributed by atoms with Gasteiger partial charge in [0.25, 0.3) is 0 Å². The summed E-state index contributed by atoms with van der Waals surface area (Å²) in [5.74, 6) is -0.596. The lowest BCUT2D eigenvalue weighted by Crippen LogP contribution is -2.26. The topological polar surface area (TPSA) is 72.2 Å². The van der Waals surface area contributed by atoms with Gasteiger partial charge in [-0.1, -0.05) is 50.2 Å². The molecule has 0 bridgehead atoms. The van der Waals surface area contributed by atoms with Gasteiger partial charge < -0.3 is 11.1 Å². The first kappa shape index (κ1) is 16.7. The fraction of sp³-hybridized carbons (Fsp3) is 0.263. The second-order valence-corrected chi connectivity index (χ2v) is 6.37. The van der Waals surface area contributed by atoms with E-state index in [1.807, 2.05) is 51.1 Å². The van der Waals surface area contributed by atoms with E-state index in [0.717, 1.165) is 11.1 Å². The van der Waals surface area contributed by atoms with Crippen molar-refractivity contribution < 1.29 is 9.59 Å². The summed E-state index contributed by atoms with van der Waals surface area (Å²) in [6.07, 6.45) is 0.344. The Balaban J connectivity index is 2.11. The molecule has 3 N–H and O–H groups in total. The Hall–Kier alpha value is -2.62. The van der Waals surface area contributed by atoms with Gasteiger partial charge in [0.05, 0.1) is 0 Å². The number of carbonyl (C=O) groups is 2. The van der Waals surface area contributed by atoms with E-state index in [-0.39, 0.29) is 11.3 Å². The van der Waals surface area contributed by atoms with Crippen LogP contribution in [-0.4, -0.2) is 11.8 Å². The number of rotatable bonds is 5. The summed E-state index contributed by atoms with van der Waals surface area (Å²) in [7, 11) is 0. The molecule has 0 aliphatic rings. The molecule has 2 rings (SSSR count). The average Bonchev–Trinajstić information content (AvgIpc) is 2.49. The third kappa shape index (κ3) is 4.19. The SMILES string of the molecule is Cc1ccc(NC(=O)CC(C)(C)c2ccccc2)cc1C(N)=O. The maximum atomic E-state index is 12.3. The number of hydrogen-bond acceptors (Lipinski definition) is 2. The van der Waals surface area contributed by atoms with Gasteiger partial charge in [-0.2, -0.15) is 0 Å². The van der Waals surface area contributed by atoms with Crippen LogP contribution < -0.4 is 11.1 Å². The minimum Gasteiger partial charge on any atom is -0.366 e. The Morgan fingerprint density at radius 2 is 1.74 bits per heavy atom. The number of carbonyl (C=O) groups excluding carboxylic acids is 2. The molecule has 23 heavy (non-hydrogen) atoms. The minimum absolute atomic E-state index is 0.0990. The summed E-state index contributed by atoms with van der Waals surface area (Å²) in [4.78, 5) is 23.7. The van der Waals surface area contributed by atoms with Crippen LogP contribution in [0.4, 0.5) is 5.69 Å². The number of primary amides is 1. The van der Waals surface area contributed by atoms with Crippen molar-refractivity contribution in [1.29, 1.82) is 0 Å². The molecule has 2 aromatic rings. The van der Waals surface area contributed by atoms with Crippen LogP contribution in [0.1, 0.15) is 41.8 Å². The van der Waals surface area contributed by atoms with E-state index in [2.05, 4.69) is 5.32 Å². The largest absolute Gasteiger partial charge is 0.366 e. The Labute approximate surface area is 136 Å². The first-order chi connectivity index (χ1) is 10.8. The number of hydrogen-bond donors (Lipinski definition) is 2. The number of aryl methyl sites for hydroxylation is 1. The summed E-state index contributed by atoms with van der Waals surface area (Å²) in [6.45, 7) is 5.88. The number of amides is 2. The zero-order chi connectivity index (χ0) is 17.0. The van der Waals surface area contributed by atoms with Crippen molar-refractivity contribution in [3.05, 3.63) is 65.2 Å². The molecule has 0 aliphatic carbocycles. The van der Waals surface area contributed by atoms with Crippen molar-refractivity contribution in [2.24, 2.45) is 5.73 Å². The van der Waals surface area contributed by atoms with Crippen LogP contribution >= 0.6 is 0 Å². The summed E-state index contributed by atoms with van der Waals surface area (Å²) in [5, 5.41) is 2.84. The third-order valence-corrected chi connectivity index (χ3v) is 3.94. The van der Waals surface area contributed by atoms with Crippen molar-refractivity contribution in [2.45, 2.75) is 32.6 Å². The van der Waals surface area contributed by atoms with Crippen LogP contribution in [0.3, 0.4) is 0 Å². The van der Waals surface area contributed by atoms with Crippen molar-refractivity contribution in [1.82, 2.24) is 0 Å². The first-order valence-corrected chi connectivity index (χ1v) is 7.55. The molecule has 0 aromatic heterocycles. The van der Waals surface area contributed by atoms with Crippen LogP contribution in [0.5, 0.6) is 0 Å². The van der Waals surface area contributed by atoms with Gasteiger partial charge in [0.1, 0.15) is 0 Å². The van der Waals surface area contributed by atoms with Gasteiger partial charge in [-0.25, -0.2) is 0 Å². The normalized spacial score (nSPS) is 11.1. The van der Waals surface area contributed by atoms with E-state index in [1.54, 1.807) is 18.2 Å². The summed E-state index contributed by atoms with van der Waals surface area (Å²) in [6, 6.07) is 15.1. The van der Waals surface area contributed by atoms with Crippen LogP contribution in [0.2, 0.25) is 0 Å². The molecule has 120 valence electrons. The highest BCUT2D eigenvalue weighted by Crippen LogP contribution is 2.27. The van der Waals surface area contributed by atoms with E-state index >= 15 is 0 Å². The molecular formula is C19H22N2O2. The first-order valence-electron chi connectivity index (χ1n) is 7.55. The highest BCUT2D eigenvalue weighted by molar-refractivity contribution is 5.97. The molecule has 0 unspecified atom stereocenters. The van der Waals surface area contributed by atoms with E-state index in [1.165, 1.54) is 0 Å². The molecule has 2 aromatic carbocycles. The van der Waals surface area contributed by atoms with Crippen LogP contribution in [0.25, 0.3) is 0 Å². The van der Waals surface area contributed by atoms with Gasteiger partial charge in [-0.05, 0) is 35.6 Å². The predicted octanol–water partition coefficient (Wildman–Crippen LogP) is 3.40. The van der Waals surface area contributed by atoms with Crippen LogP contribution in [-0.2, 0) is 10.2 Å². The lowest BCUT2D eigenvalue weighted by molar-refractivity contribution is -0.117. The summed E-state index contributed by atoms with van der Waals surface area (Å²) >= 11 is 0. The fourth-order valence-electron chi connectivity index (χ4n) is 2.56. The van der Waals surface area contributed by atoms with Gasteiger partial charge >= 0.3 is 0 Å². The molecule has 2 amide bonds. The Bertz CT molecular complexity index is 721. The number of nitrogens with one attached hydrogen (secondary N) is 1. The van der Waals surface area contributed by atoms with Crippen molar-refractivity contribution >= 4 is 17.5 Å². The Kier molecular flexibility index (Phi) is 4.84. The molecular weight excluding hydrogens is 288 g/mol. The molecule has 0 saturated carbocycles. The highest BCUT2D eigenvalue weighted by atomic mass is 16.2. The van der Waals surface area contributed by atoms with Crippen molar-refractivity contribution in [3.8, 4) is 0 Å². The third-order valence-electron chi connectivity index (χ3n) is 3.94. The van der Waals surface area contributed by atoms with E-state index in [0.29, 0.717) is 17.7 Å². The van der Waals surface area contributed by atoms with Gasteiger partial charge in [0.2, 0.25) is 11.8 Å². The maximum Gasteiger partial charge on any atom is 0.249 e. The van der Waals surface area contributed by atoms with Crippen molar-refractivity contribution in [3.63, 3.8) is 0 Å². The molecule has 0 heterocycles. The second kappa shape index (κ2) is 6.65. The monoisotopic (exact) mass is 310 g/mol. The molecule has 0 saturated heterocycles. The zero-order valence-corrected chi connectivity index (χ0v) is 13.7. The maximum absolute atomic E-state index is 12.3. The predicted molar refractivity (Wildman–Crippen MR) is 92.4 cm³/mol. The summed E-state index contributed by atoms with van der Waals surface area (Å²) in [5.41, 5.74) is 7.97. The second-order valence-electron chi connectivity index (χ2n) is 6.37. The zero-order valence-electron chi connectivity index (χ0n) is 13.7. The van der Waals surface area contributed by atoms with E-state index < -0.39 is 5.91 Å². The molecule has 0 fully saturated rings. The highest BCUT2D eigenvalue weighted by Gasteiger charge is 2.24. The molecule has 0 aliphatic heterocycles. The average molecular weight is 310 g/mol. The minimum atomic E-state index is -0.497. The van der Waals surface area contributed by atoms with Crippen molar-refractivity contribution in [2.75, 3.05) is 5.32 Å². The van der Waals surface area contributed by atoms with E-state index in [9.17, 15) is 9.59 Å². The molecule has 4 heteroatoms. The Morgan fingerprint density at radius 1 is 1.09 bits per heavy atom. The van der Waals surface area contributed by atoms with Crippen LogP contribution in [0, 0.1) is 6.92 Å². The van der Waals surface area contributed by atoms with Gasteiger partial charge in [-0.15, -0.1) is 0 Å². The van der Waals surface area contributed by atoms with Gasteiger partial charge in [0.15, 0.2) is 0 Å². The quantitative estimate of drug-likeness (QED) is 0.888. The Morgan fingerprint density at radius 3 is 2.35 bits per heavy atom. The molecule has 0 atom stereocenters. The smallest absolute Gasteiger partial charge is 0.249 e. The molecule has 4 nitrogen and oxygen atoms in total. The standard InChI is InChI=1S/C19H22N2O2/c1-13-9-10-15(11-16(13)18(20)23)21-17(22)12-19(2,3)14-7-5-4-6-8-14/h4-11H,12H2,1-3H3,(H2,20,23)(H,21,22). The van der Waals surface area contributed by atoms with Crippen LogP contribution in [0.15, 0.2) is 48.5 Å². The lowest BCUT2D eigenvalue weighted by Gasteiger charge is -2.24. The number of anilines is 1.